The number of ketones is 1. The highest BCUT2D eigenvalue weighted by Gasteiger charge is 2.14. The van der Waals surface area contributed by atoms with E-state index in [-0.39, 0.29) is 11.3 Å². The van der Waals surface area contributed by atoms with E-state index in [4.69, 9.17) is 4.74 Å². The van der Waals surface area contributed by atoms with E-state index in [1.165, 1.54) is 19.2 Å². The summed E-state index contributed by atoms with van der Waals surface area (Å²) in [4.78, 5) is 12.1. The fourth-order valence-corrected chi connectivity index (χ4v) is 2.14. The van der Waals surface area contributed by atoms with E-state index >= 15 is 0 Å². The molecule has 0 aromatic heterocycles. The second kappa shape index (κ2) is 5.48. The third-order valence-electron chi connectivity index (χ3n) is 2.51. The Balaban J connectivity index is 2.40. The standard InChI is InChI=1S/C14H10FIO2/c1-18-11-5-6-12(13(15)8-11)14(17)9-3-2-4-10(16)7-9/h2-8H,1H3. The molecule has 0 bridgehead atoms. The Labute approximate surface area is 118 Å². The lowest BCUT2D eigenvalue weighted by Gasteiger charge is -2.05. The van der Waals surface area contributed by atoms with Crippen molar-refractivity contribution in [1.82, 2.24) is 0 Å². The quantitative estimate of drug-likeness (QED) is 0.620. The topological polar surface area (TPSA) is 26.3 Å². The van der Waals surface area contributed by atoms with Crippen LogP contribution in [0.25, 0.3) is 0 Å². The molecule has 0 saturated heterocycles. The molecule has 2 aromatic rings. The van der Waals surface area contributed by atoms with Crippen molar-refractivity contribution in [2.75, 3.05) is 7.11 Å². The first kappa shape index (κ1) is 13.0. The number of carbonyl (C=O) groups excluding carboxylic acids is 1. The Morgan fingerprint density at radius 3 is 2.61 bits per heavy atom. The van der Waals surface area contributed by atoms with Crippen LogP contribution >= 0.6 is 22.6 Å². The largest absolute Gasteiger partial charge is 0.497 e. The van der Waals surface area contributed by atoms with Crippen LogP contribution in [0.4, 0.5) is 4.39 Å². The highest BCUT2D eigenvalue weighted by atomic mass is 127. The Kier molecular flexibility index (Phi) is 3.96. The van der Waals surface area contributed by atoms with Gasteiger partial charge in [0.15, 0.2) is 5.78 Å². The van der Waals surface area contributed by atoms with Crippen molar-refractivity contribution in [3.8, 4) is 5.75 Å². The van der Waals surface area contributed by atoms with E-state index in [2.05, 4.69) is 22.6 Å². The van der Waals surface area contributed by atoms with Crippen molar-refractivity contribution in [2.45, 2.75) is 0 Å². The van der Waals surface area contributed by atoms with Gasteiger partial charge in [0.25, 0.3) is 0 Å². The van der Waals surface area contributed by atoms with Gasteiger partial charge in [-0.1, -0.05) is 12.1 Å². The van der Waals surface area contributed by atoms with Crippen molar-refractivity contribution in [1.29, 1.82) is 0 Å². The number of halogens is 2. The lowest BCUT2D eigenvalue weighted by Crippen LogP contribution is -2.04. The third kappa shape index (κ3) is 2.69. The predicted octanol–water partition coefficient (Wildman–Crippen LogP) is 3.67. The summed E-state index contributed by atoms with van der Waals surface area (Å²) in [5.41, 5.74) is 0.531. The number of ether oxygens (including phenoxy) is 1. The lowest BCUT2D eigenvalue weighted by atomic mass is 10.0. The summed E-state index contributed by atoms with van der Waals surface area (Å²) in [6.07, 6.45) is 0. The maximum absolute atomic E-state index is 13.8. The van der Waals surface area contributed by atoms with Gasteiger partial charge in [-0.15, -0.1) is 0 Å². The maximum Gasteiger partial charge on any atom is 0.196 e. The molecule has 0 heterocycles. The summed E-state index contributed by atoms with van der Waals surface area (Å²) < 4.78 is 19.6. The first-order valence-electron chi connectivity index (χ1n) is 5.25. The van der Waals surface area contributed by atoms with Gasteiger partial charge in [-0.05, 0) is 46.9 Å². The average Bonchev–Trinajstić information content (AvgIpc) is 2.37. The molecule has 18 heavy (non-hydrogen) atoms. The molecule has 0 amide bonds. The smallest absolute Gasteiger partial charge is 0.196 e. The summed E-state index contributed by atoms with van der Waals surface area (Å²) in [6, 6.07) is 11.3. The number of hydrogen-bond donors (Lipinski definition) is 0. The zero-order valence-electron chi connectivity index (χ0n) is 9.61. The Bertz CT molecular complexity index is 596. The molecule has 0 aliphatic heterocycles. The number of hydrogen-bond acceptors (Lipinski definition) is 2. The molecule has 0 aliphatic rings. The molecule has 0 atom stereocenters. The highest BCUT2D eigenvalue weighted by Crippen LogP contribution is 2.20. The molecule has 0 spiro atoms. The number of rotatable bonds is 3. The fraction of sp³-hybridized carbons (Fsp3) is 0.0714. The minimum Gasteiger partial charge on any atom is -0.497 e. The molecule has 4 heteroatoms. The lowest BCUT2D eigenvalue weighted by molar-refractivity contribution is 0.103. The van der Waals surface area contributed by atoms with Gasteiger partial charge in [0.1, 0.15) is 11.6 Å². The van der Waals surface area contributed by atoms with Crippen LogP contribution in [0.2, 0.25) is 0 Å². The van der Waals surface area contributed by atoms with Crippen molar-refractivity contribution < 1.29 is 13.9 Å². The van der Waals surface area contributed by atoms with Crippen molar-refractivity contribution >= 4 is 28.4 Å². The van der Waals surface area contributed by atoms with Crippen LogP contribution in [0, 0.1) is 9.39 Å². The summed E-state index contributed by atoms with van der Waals surface area (Å²) in [7, 11) is 1.45. The second-order valence-corrected chi connectivity index (χ2v) is 4.93. The normalized spacial score (nSPS) is 10.2. The fourth-order valence-electron chi connectivity index (χ4n) is 1.59. The predicted molar refractivity (Wildman–Crippen MR) is 75.5 cm³/mol. The third-order valence-corrected chi connectivity index (χ3v) is 3.18. The number of methoxy groups -OCH3 is 1. The van der Waals surface area contributed by atoms with Crippen LogP contribution in [0.3, 0.4) is 0 Å². The van der Waals surface area contributed by atoms with Gasteiger partial charge in [0, 0.05) is 15.2 Å². The molecular formula is C14H10FIO2. The summed E-state index contributed by atoms with van der Waals surface area (Å²) in [6.45, 7) is 0. The zero-order valence-corrected chi connectivity index (χ0v) is 11.8. The zero-order chi connectivity index (χ0) is 13.1. The van der Waals surface area contributed by atoms with Crippen molar-refractivity contribution in [3.05, 3.63) is 63.0 Å². The van der Waals surface area contributed by atoms with Gasteiger partial charge in [0.2, 0.25) is 0 Å². The molecule has 0 saturated carbocycles. The van der Waals surface area contributed by atoms with Crippen LogP contribution in [-0.4, -0.2) is 12.9 Å². The van der Waals surface area contributed by atoms with Gasteiger partial charge in [-0.25, -0.2) is 4.39 Å². The SMILES string of the molecule is COc1ccc(C(=O)c2cccc(I)c2)c(F)c1. The minimum absolute atomic E-state index is 0.0535. The average molecular weight is 356 g/mol. The monoisotopic (exact) mass is 356 g/mol. The Morgan fingerprint density at radius 2 is 2.00 bits per heavy atom. The molecule has 0 unspecified atom stereocenters. The van der Waals surface area contributed by atoms with Crippen LogP contribution in [0.1, 0.15) is 15.9 Å². The Morgan fingerprint density at radius 1 is 1.22 bits per heavy atom. The van der Waals surface area contributed by atoms with Crippen LogP contribution in [0.15, 0.2) is 42.5 Å². The molecule has 0 aliphatic carbocycles. The van der Waals surface area contributed by atoms with E-state index in [9.17, 15) is 9.18 Å². The minimum atomic E-state index is -0.571. The second-order valence-electron chi connectivity index (χ2n) is 3.69. The molecule has 2 nitrogen and oxygen atoms in total. The van der Waals surface area contributed by atoms with Gasteiger partial charge in [0.05, 0.1) is 12.7 Å². The number of benzene rings is 2. The van der Waals surface area contributed by atoms with Gasteiger partial charge in [-0.2, -0.15) is 0 Å². The molecule has 0 fully saturated rings. The van der Waals surface area contributed by atoms with E-state index < -0.39 is 5.82 Å². The maximum atomic E-state index is 13.8. The first-order chi connectivity index (χ1) is 8.61. The van der Waals surface area contributed by atoms with Gasteiger partial charge < -0.3 is 4.74 Å². The molecule has 2 rings (SSSR count). The first-order valence-corrected chi connectivity index (χ1v) is 6.33. The molecule has 0 radical (unpaired) electrons. The Hall–Kier alpha value is -1.43. The van der Waals surface area contributed by atoms with Crippen LogP contribution < -0.4 is 4.74 Å². The van der Waals surface area contributed by atoms with Crippen molar-refractivity contribution in [2.24, 2.45) is 0 Å². The summed E-state index contributed by atoms with van der Waals surface area (Å²) in [5, 5.41) is 0. The van der Waals surface area contributed by atoms with Gasteiger partial charge in [-0.3, -0.25) is 4.79 Å². The summed E-state index contributed by atoms with van der Waals surface area (Å²) in [5.74, 6) is -0.501. The van der Waals surface area contributed by atoms with Crippen LogP contribution in [0.5, 0.6) is 5.75 Å². The summed E-state index contributed by atoms with van der Waals surface area (Å²) >= 11 is 2.11. The van der Waals surface area contributed by atoms with E-state index in [0.717, 1.165) is 3.57 Å². The van der Waals surface area contributed by atoms with E-state index in [0.29, 0.717) is 11.3 Å². The number of carbonyl (C=O) groups is 1. The molecule has 0 N–H and O–H groups in total. The molecular weight excluding hydrogens is 346 g/mol. The molecule has 92 valence electrons. The van der Waals surface area contributed by atoms with Crippen LogP contribution in [-0.2, 0) is 0 Å². The molecule has 2 aromatic carbocycles. The van der Waals surface area contributed by atoms with Crippen molar-refractivity contribution in [3.63, 3.8) is 0 Å². The van der Waals surface area contributed by atoms with E-state index in [1.54, 1.807) is 24.3 Å². The highest BCUT2D eigenvalue weighted by molar-refractivity contribution is 14.1. The van der Waals surface area contributed by atoms with Gasteiger partial charge >= 0.3 is 0 Å². The van der Waals surface area contributed by atoms with E-state index in [1.807, 2.05) is 6.07 Å².